The minimum absolute atomic E-state index is 0.00867. The van der Waals surface area contributed by atoms with Gasteiger partial charge in [0, 0.05) is 13.6 Å². The molecule has 0 bridgehead atoms. The normalized spacial score (nSPS) is 9.56. The lowest BCUT2D eigenvalue weighted by molar-refractivity contribution is -0.127. The molecule has 3 nitrogen and oxygen atoms in total. The molecule has 16 heavy (non-hydrogen) atoms. The van der Waals surface area contributed by atoms with Gasteiger partial charge in [-0.25, -0.2) is 0 Å². The molecule has 0 aliphatic rings. The fraction of sp³-hybridized carbons (Fsp3) is 0.333. The molecular weight excluding hydrogens is 224 g/mol. The average Bonchev–Trinajstić information content (AvgIpc) is 2.35. The van der Waals surface area contributed by atoms with Gasteiger partial charge in [-0.15, -0.1) is 11.6 Å². The number of rotatable bonds is 4. The quantitative estimate of drug-likeness (QED) is 0.749. The highest BCUT2D eigenvalue weighted by Gasteiger charge is 2.06. The van der Waals surface area contributed by atoms with Crippen LogP contribution in [0.1, 0.15) is 11.1 Å². The van der Waals surface area contributed by atoms with Crippen LogP contribution in [0.2, 0.25) is 0 Å². The van der Waals surface area contributed by atoms with Crippen LogP contribution in [0.4, 0.5) is 0 Å². The molecule has 0 aliphatic heterocycles. The first kappa shape index (κ1) is 12.5. The van der Waals surface area contributed by atoms with Crippen LogP contribution in [-0.2, 0) is 11.2 Å². The Bertz CT molecular complexity index is 412. The molecule has 0 aliphatic carbocycles. The third kappa shape index (κ3) is 3.56. The summed E-state index contributed by atoms with van der Waals surface area (Å²) in [5.74, 6) is -0.0764. The number of nitriles is 1. The van der Waals surface area contributed by atoms with E-state index in [9.17, 15) is 4.79 Å². The molecule has 1 amide bonds. The highest BCUT2D eigenvalue weighted by atomic mass is 35.5. The van der Waals surface area contributed by atoms with Gasteiger partial charge in [-0.05, 0) is 24.1 Å². The molecule has 0 heterocycles. The van der Waals surface area contributed by atoms with Gasteiger partial charge in [0.1, 0.15) is 5.88 Å². The molecule has 84 valence electrons. The van der Waals surface area contributed by atoms with Crippen molar-refractivity contribution < 1.29 is 4.79 Å². The van der Waals surface area contributed by atoms with E-state index in [1.54, 1.807) is 18.0 Å². The van der Waals surface area contributed by atoms with E-state index in [2.05, 4.69) is 6.07 Å². The minimum Gasteiger partial charge on any atom is -0.344 e. The maximum Gasteiger partial charge on any atom is 0.237 e. The molecule has 0 atom stereocenters. The summed E-state index contributed by atoms with van der Waals surface area (Å²) in [6.45, 7) is 0.612. The van der Waals surface area contributed by atoms with Gasteiger partial charge in [0.05, 0.1) is 11.6 Å². The average molecular weight is 237 g/mol. The van der Waals surface area contributed by atoms with E-state index in [0.717, 1.165) is 12.0 Å². The Kier molecular flexibility index (Phi) is 4.81. The highest BCUT2D eigenvalue weighted by Crippen LogP contribution is 2.05. The van der Waals surface area contributed by atoms with Crippen LogP contribution >= 0.6 is 11.6 Å². The highest BCUT2D eigenvalue weighted by molar-refractivity contribution is 6.27. The second-order valence-corrected chi connectivity index (χ2v) is 3.78. The standard InChI is InChI=1S/C12H13ClN2O/c1-15(12(16)8-13)6-5-10-3-2-4-11(7-10)9-14/h2-4,7H,5-6,8H2,1H3. The molecule has 0 aromatic heterocycles. The van der Waals surface area contributed by atoms with Crippen LogP contribution in [0.25, 0.3) is 0 Å². The molecule has 0 fully saturated rings. The van der Waals surface area contributed by atoms with Gasteiger partial charge in [-0.1, -0.05) is 12.1 Å². The van der Waals surface area contributed by atoms with Crippen LogP contribution in [0, 0.1) is 11.3 Å². The van der Waals surface area contributed by atoms with E-state index in [-0.39, 0.29) is 11.8 Å². The molecule has 0 N–H and O–H groups in total. The molecule has 1 rings (SSSR count). The lowest BCUT2D eigenvalue weighted by Gasteiger charge is -2.15. The number of amides is 1. The van der Waals surface area contributed by atoms with Crippen molar-refractivity contribution >= 4 is 17.5 Å². The van der Waals surface area contributed by atoms with Gasteiger partial charge < -0.3 is 4.90 Å². The molecule has 0 unspecified atom stereocenters. The smallest absolute Gasteiger partial charge is 0.237 e. The largest absolute Gasteiger partial charge is 0.344 e. The maximum atomic E-state index is 11.2. The van der Waals surface area contributed by atoms with Crippen molar-refractivity contribution in [3.63, 3.8) is 0 Å². The fourth-order valence-corrected chi connectivity index (χ4v) is 1.52. The van der Waals surface area contributed by atoms with Crippen molar-refractivity contribution in [1.29, 1.82) is 5.26 Å². The van der Waals surface area contributed by atoms with Crippen molar-refractivity contribution in [2.45, 2.75) is 6.42 Å². The number of alkyl halides is 1. The van der Waals surface area contributed by atoms with Crippen molar-refractivity contribution in [2.75, 3.05) is 19.5 Å². The first-order valence-electron chi connectivity index (χ1n) is 4.96. The Balaban J connectivity index is 2.55. The van der Waals surface area contributed by atoms with Gasteiger partial charge in [-0.2, -0.15) is 5.26 Å². The lowest BCUT2D eigenvalue weighted by atomic mass is 10.1. The van der Waals surface area contributed by atoms with Crippen LogP contribution in [0.5, 0.6) is 0 Å². The predicted molar refractivity (Wildman–Crippen MR) is 63.2 cm³/mol. The van der Waals surface area contributed by atoms with E-state index >= 15 is 0 Å². The molecule has 1 aromatic carbocycles. The molecule has 4 heteroatoms. The molecule has 1 aromatic rings. The topological polar surface area (TPSA) is 44.1 Å². The predicted octanol–water partition coefficient (Wildman–Crippen LogP) is 1.80. The number of carbonyl (C=O) groups is 1. The molecule has 0 saturated carbocycles. The fourth-order valence-electron chi connectivity index (χ4n) is 1.32. The summed E-state index contributed by atoms with van der Waals surface area (Å²) in [4.78, 5) is 12.8. The monoisotopic (exact) mass is 236 g/mol. The Morgan fingerprint density at radius 2 is 2.31 bits per heavy atom. The number of hydrogen-bond donors (Lipinski definition) is 0. The van der Waals surface area contributed by atoms with Crippen LogP contribution in [-0.4, -0.2) is 30.3 Å². The number of nitrogens with zero attached hydrogens (tertiary/aromatic N) is 2. The number of hydrogen-bond acceptors (Lipinski definition) is 2. The van der Waals surface area contributed by atoms with Crippen LogP contribution in [0.3, 0.4) is 0 Å². The second-order valence-electron chi connectivity index (χ2n) is 3.51. The number of carbonyl (C=O) groups excluding carboxylic acids is 1. The zero-order valence-electron chi connectivity index (χ0n) is 9.11. The summed E-state index contributed by atoms with van der Waals surface area (Å²) in [6, 6.07) is 9.47. The van der Waals surface area contributed by atoms with Crippen molar-refractivity contribution in [3.8, 4) is 6.07 Å². The summed E-state index contributed by atoms with van der Waals surface area (Å²) >= 11 is 5.44. The molecule has 0 spiro atoms. The van der Waals surface area contributed by atoms with Gasteiger partial charge >= 0.3 is 0 Å². The SMILES string of the molecule is CN(CCc1cccc(C#N)c1)C(=O)CCl. The van der Waals surface area contributed by atoms with Crippen molar-refractivity contribution in [2.24, 2.45) is 0 Å². The first-order chi connectivity index (χ1) is 7.67. The third-order valence-electron chi connectivity index (χ3n) is 2.33. The Morgan fingerprint density at radius 1 is 1.56 bits per heavy atom. The van der Waals surface area contributed by atoms with Gasteiger partial charge in [0.25, 0.3) is 0 Å². The zero-order valence-corrected chi connectivity index (χ0v) is 9.87. The minimum atomic E-state index is -0.0851. The molecular formula is C12H13ClN2O. The Labute approximate surface area is 100 Å². The van der Waals surface area contributed by atoms with E-state index < -0.39 is 0 Å². The zero-order chi connectivity index (χ0) is 12.0. The van der Waals surface area contributed by atoms with E-state index in [0.29, 0.717) is 12.1 Å². The summed E-state index contributed by atoms with van der Waals surface area (Å²) in [5.41, 5.74) is 1.69. The lowest BCUT2D eigenvalue weighted by Crippen LogP contribution is -2.29. The summed E-state index contributed by atoms with van der Waals surface area (Å²) < 4.78 is 0. The van der Waals surface area contributed by atoms with Gasteiger partial charge in [0.2, 0.25) is 5.91 Å². The second kappa shape index (κ2) is 6.14. The van der Waals surface area contributed by atoms with E-state index in [1.807, 2.05) is 18.2 Å². The van der Waals surface area contributed by atoms with E-state index in [1.165, 1.54) is 0 Å². The molecule has 0 saturated heterocycles. The first-order valence-corrected chi connectivity index (χ1v) is 5.50. The van der Waals surface area contributed by atoms with Gasteiger partial charge in [0.15, 0.2) is 0 Å². The number of benzene rings is 1. The summed E-state index contributed by atoms with van der Waals surface area (Å²) in [7, 11) is 1.72. The van der Waals surface area contributed by atoms with Crippen LogP contribution < -0.4 is 0 Å². The van der Waals surface area contributed by atoms with Crippen molar-refractivity contribution in [1.82, 2.24) is 4.90 Å². The molecule has 0 radical (unpaired) electrons. The third-order valence-corrected chi connectivity index (χ3v) is 2.56. The van der Waals surface area contributed by atoms with Gasteiger partial charge in [-0.3, -0.25) is 4.79 Å². The van der Waals surface area contributed by atoms with E-state index in [4.69, 9.17) is 16.9 Å². The number of halogens is 1. The Hall–Kier alpha value is -1.53. The summed E-state index contributed by atoms with van der Waals surface area (Å²) in [5, 5.41) is 8.73. The summed E-state index contributed by atoms with van der Waals surface area (Å²) in [6.07, 6.45) is 0.731. The maximum absolute atomic E-state index is 11.2. The Morgan fingerprint density at radius 3 is 2.94 bits per heavy atom. The van der Waals surface area contributed by atoms with Crippen LogP contribution in [0.15, 0.2) is 24.3 Å². The number of likely N-dealkylation sites (N-methyl/N-ethyl adjacent to an activating group) is 1. The van der Waals surface area contributed by atoms with Crippen molar-refractivity contribution in [3.05, 3.63) is 35.4 Å².